The predicted molar refractivity (Wildman–Crippen MR) is 86.5 cm³/mol. The van der Waals surface area contributed by atoms with Crippen molar-refractivity contribution >= 4 is 21.2 Å². The van der Waals surface area contributed by atoms with Gasteiger partial charge in [0, 0.05) is 12.8 Å². The highest BCUT2D eigenvalue weighted by atomic mass is 32.2. The summed E-state index contributed by atoms with van der Waals surface area (Å²) in [5, 5.41) is 23.8. The van der Waals surface area contributed by atoms with Gasteiger partial charge in [0.15, 0.2) is 9.84 Å². The highest BCUT2D eigenvalue weighted by Crippen LogP contribution is 2.32. The molecule has 122 valence electrons. The second-order valence-corrected chi connectivity index (χ2v) is 6.97. The number of para-hydroxylation sites is 2. The van der Waals surface area contributed by atoms with Gasteiger partial charge in [-0.3, -0.25) is 10.1 Å². The number of hydrogen-bond donors (Lipinski definition) is 2. The zero-order chi connectivity index (χ0) is 17.0. The van der Waals surface area contributed by atoms with Gasteiger partial charge in [-0.25, -0.2) is 8.42 Å². The van der Waals surface area contributed by atoms with Crippen molar-refractivity contribution in [3.63, 3.8) is 0 Å². The van der Waals surface area contributed by atoms with Crippen LogP contribution in [0.5, 0.6) is 5.75 Å². The molecule has 0 aliphatic carbocycles. The largest absolute Gasteiger partial charge is 0.508 e. The molecule has 0 amide bonds. The molecular formula is C15H16N2O5S. The number of hydrogen-bond acceptors (Lipinski definition) is 6. The summed E-state index contributed by atoms with van der Waals surface area (Å²) in [4.78, 5) is 10.2. The quantitative estimate of drug-likeness (QED) is 0.619. The van der Waals surface area contributed by atoms with Gasteiger partial charge in [-0.05, 0) is 30.2 Å². The van der Waals surface area contributed by atoms with Crippen molar-refractivity contribution in [2.75, 3.05) is 18.1 Å². The molecule has 2 aromatic carbocycles. The molecule has 0 aromatic heterocycles. The molecule has 23 heavy (non-hydrogen) atoms. The first kappa shape index (κ1) is 16.8. The minimum absolute atomic E-state index is 0.133. The van der Waals surface area contributed by atoms with E-state index in [-0.39, 0.29) is 16.3 Å². The smallest absolute Gasteiger partial charge is 0.310 e. The van der Waals surface area contributed by atoms with E-state index in [2.05, 4.69) is 5.32 Å². The van der Waals surface area contributed by atoms with Crippen molar-refractivity contribution in [3.8, 4) is 5.75 Å². The van der Waals surface area contributed by atoms with Crippen LogP contribution in [0.3, 0.4) is 0 Å². The number of nitro benzene ring substituents is 1. The zero-order valence-corrected chi connectivity index (χ0v) is 13.2. The highest BCUT2D eigenvalue weighted by molar-refractivity contribution is 7.90. The number of nitro groups is 1. The monoisotopic (exact) mass is 336 g/mol. The first-order valence-electron chi connectivity index (χ1n) is 6.79. The number of anilines is 1. The predicted octanol–water partition coefficient (Wildman–Crippen LogP) is 2.36. The number of aromatic hydroxyl groups is 1. The van der Waals surface area contributed by atoms with E-state index >= 15 is 0 Å². The Kier molecular flexibility index (Phi) is 4.85. The molecule has 0 saturated heterocycles. The third-order valence-corrected chi connectivity index (χ3v) is 4.41. The summed E-state index contributed by atoms with van der Waals surface area (Å²) in [5.41, 5.74) is 0.363. The van der Waals surface area contributed by atoms with Crippen molar-refractivity contribution < 1.29 is 18.4 Å². The normalized spacial score (nSPS) is 11.2. The van der Waals surface area contributed by atoms with Crippen LogP contribution in [0.4, 0.5) is 11.4 Å². The van der Waals surface area contributed by atoms with E-state index in [1.807, 2.05) is 0 Å². The summed E-state index contributed by atoms with van der Waals surface area (Å²) in [5.74, 6) is 0.147. The molecule has 0 atom stereocenters. The Morgan fingerprint density at radius 3 is 2.48 bits per heavy atom. The summed E-state index contributed by atoms with van der Waals surface area (Å²) in [7, 11) is -3.71. The Bertz CT molecular complexity index is 834. The van der Waals surface area contributed by atoms with Crippen LogP contribution in [0.15, 0.2) is 47.4 Å². The first-order chi connectivity index (χ1) is 10.8. The van der Waals surface area contributed by atoms with Crippen molar-refractivity contribution in [3.05, 3.63) is 58.1 Å². The van der Waals surface area contributed by atoms with E-state index in [0.717, 1.165) is 6.26 Å². The van der Waals surface area contributed by atoms with Gasteiger partial charge in [-0.2, -0.15) is 0 Å². The van der Waals surface area contributed by atoms with Crippen LogP contribution < -0.4 is 5.32 Å². The molecule has 0 unspecified atom stereocenters. The van der Waals surface area contributed by atoms with Gasteiger partial charge in [0.1, 0.15) is 16.3 Å². The Hall–Kier alpha value is -2.61. The maximum atomic E-state index is 11.7. The number of sulfone groups is 1. The minimum atomic E-state index is -3.71. The molecule has 0 radical (unpaired) electrons. The van der Waals surface area contributed by atoms with Gasteiger partial charge in [0.05, 0.1) is 4.92 Å². The summed E-state index contributed by atoms with van der Waals surface area (Å²) in [6, 6.07) is 10.9. The SMILES string of the molecule is CS(=O)(=O)c1cccc(NCCc2ccccc2O)c1[N+](=O)[O-]. The highest BCUT2D eigenvalue weighted by Gasteiger charge is 2.25. The molecule has 0 spiro atoms. The van der Waals surface area contributed by atoms with Crippen LogP contribution in [0.25, 0.3) is 0 Å². The summed E-state index contributed by atoms with van der Waals surface area (Å²) < 4.78 is 23.4. The van der Waals surface area contributed by atoms with Gasteiger partial charge in [-0.1, -0.05) is 24.3 Å². The second kappa shape index (κ2) is 6.66. The van der Waals surface area contributed by atoms with Gasteiger partial charge >= 0.3 is 5.69 Å². The van der Waals surface area contributed by atoms with Crippen LogP contribution >= 0.6 is 0 Å². The maximum absolute atomic E-state index is 11.7. The third-order valence-electron chi connectivity index (χ3n) is 3.28. The van der Waals surface area contributed by atoms with E-state index < -0.39 is 20.4 Å². The fraction of sp³-hybridized carbons (Fsp3) is 0.200. The molecule has 0 fully saturated rings. The van der Waals surface area contributed by atoms with Crippen molar-refractivity contribution in [1.29, 1.82) is 0 Å². The fourth-order valence-corrected chi connectivity index (χ4v) is 3.07. The van der Waals surface area contributed by atoms with E-state index in [4.69, 9.17) is 0 Å². The zero-order valence-electron chi connectivity index (χ0n) is 12.4. The lowest BCUT2D eigenvalue weighted by Crippen LogP contribution is -2.10. The Balaban J connectivity index is 2.24. The van der Waals surface area contributed by atoms with Crippen LogP contribution in [-0.2, 0) is 16.3 Å². The number of nitrogens with zero attached hydrogens (tertiary/aromatic N) is 1. The average molecular weight is 336 g/mol. The summed E-state index contributed by atoms with van der Waals surface area (Å²) in [6.07, 6.45) is 1.37. The Morgan fingerprint density at radius 2 is 1.87 bits per heavy atom. The Labute approximate surface area is 133 Å². The van der Waals surface area contributed by atoms with Crippen LogP contribution in [-0.4, -0.2) is 31.2 Å². The average Bonchev–Trinajstić information content (AvgIpc) is 2.48. The molecule has 2 rings (SSSR count). The third kappa shape index (κ3) is 3.98. The van der Waals surface area contributed by atoms with Gasteiger partial charge < -0.3 is 10.4 Å². The van der Waals surface area contributed by atoms with Crippen molar-refractivity contribution in [1.82, 2.24) is 0 Å². The van der Waals surface area contributed by atoms with Crippen LogP contribution in [0.1, 0.15) is 5.56 Å². The maximum Gasteiger partial charge on any atom is 0.310 e. The number of nitrogens with one attached hydrogen (secondary N) is 1. The van der Waals surface area contributed by atoms with Gasteiger partial charge in [-0.15, -0.1) is 0 Å². The molecule has 7 nitrogen and oxygen atoms in total. The molecule has 2 aromatic rings. The lowest BCUT2D eigenvalue weighted by atomic mass is 10.1. The molecular weight excluding hydrogens is 320 g/mol. The van der Waals surface area contributed by atoms with E-state index in [1.165, 1.54) is 18.2 Å². The molecule has 0 saturated carbocycles. The van der Waals surface area contributed by atoms with Gasteiger partial charge in [0.25, 0.3) is 0 Å². The van der Waals surface area contributed by atoms with Crippen LogP contribution in [0.2, 0.25) is 0 Å². The number of benzene rings is 2. The molecule has 0 aliphatic heterocycles. The van der Waals surface area contributed by atoms with E-state index in [9.17, 15) is 23.6 Å². The fourth-order valence-electron chi connectivity index (χ4n) is 2.21. The van der Waals surface area contributed by atoms with E-state index in [0.29, 0.717) is 18.5 Å². The van der Waals surface area contributed by atoms with Crippen molar-refractivity contribution in [2.45, 2.75) is 11.3 Å². The molecule has 2 N–H and O–H groups in total. The molecule has 0 aliphatic rings. The molecule has 0 bridgehead atoms. The lowest BCUT2D eigenvalue weighted by Gasteiger charge is -2.10. The van der Waals surface area contributed by atoms with Gasteiger partial charge in [0.2, 0.25) is 0 Å². The Morgan fingerprint density at radius 1 is 1.17 bits per heavy atom. The molecule has 0 heterocycles. The van der Waals surface area contributed by atoms with Crippen LogP contribution in [0, 0.1) is 10.1 Å². The summed E-state index contributed by atoms with van der Waals surface area (Å²) >= 11 is 0. The minimum Gasteiger partial charge on any atom is -0.508 e. The lowest BCUT2D eigenvalue weighted by molar-refractivity contribution is -0.386. The number of phenols is 1. The molecule has 8 heteroatoms. The first-order valence-corrected chi connectivity index (χ1v) is 8.68. The van der Waals surface area contributed by atoms with E-state index in [1.54, 1.807) is 24.3 Å². The standard InChI is InChI=1S/C15H16N2O5S/c1-23(21,22)14-8-4-6-12(15(14)17(19)20)16-10-9-11-5-2-3-7-13(11)18/h2-8,16,18H,9-10H2,1H3. The summed E-state index contributed by atoms with van der Waals surface area (Å²) in [6.45, 7) is 0.311. The number of phenolic OH excluding ortho intramolecular Hbond substituents is 1. The second-order valence-electron chi connectivity index (χ2n) is 4.99. The van der Waals surface area contributed by atoms with Crippen molar-refractivity contribution in [2.24, 2.45) is 0 Å². The topological polar surface area (TPSA) is 110 Å². The number of rotatable bonds is 6.